The van der Waals surface area contributed by atoms with Gasteiger partial charge in [0.1, 0.15) is 24.3 Å². The zero-order valence-electron chi connectivity index (χ0n) is 17.4. The molecule has 0 aliphatic heterocycles. The van der Waals surface area contributed by atoms with Gasteiger partial charge < -0.3 is 14.5 Å². The second-order valence-corrected chi connectivity index (χ2v) is 8.39. The van der Waals surface area contributed by atoms with Crippen molar-refractivity contribution in [3.63, 3.8) is 0 Å². The third kappa shape index (κ3) is 4.75. The van der Waals surface area contributed by atoms with E-state index in [1.807, 2.05) is 37.3 Å². The normalized spacial score (nSPS) is 11.4. The van der Waals surface area contributed by atoms with E-state index in [4.69, 9.17) is 9.47 Å². The fraction of sp³-hybridized carbons (Fsp3) is 0.120. The lowest BCUT2D eigenvalue weighted by Crippen LogP contribution is -2.00. The van der Waals surface area contributed by atoms with Gasteiger partial charge in [0.15, 0.2) is 11.5 Å². The van der Waals surface area contributed by atoms with E-state index in [9.17, 15) is 9.65 Å². The molecule has 0 aliphatic carbocycles. The number of imidazole rings is 1. The molecule has 160 valence electrons. The van der Waals surface area contributed by atoms with Crippen molar-refractivity contribution in [2.24, 2.45) is 0 Å². The van der Waals surface area contributed by atoms with Crippen molar-refractivity contribution in [3.05, 3.63) is 86.5 Å². The van der Waals surface area contributed by atoms with Crippen LogP contribution >= 0.6 is 22.6 Å². The molecule has 0 saturated carbocycles. The summed E-state index contributed by atoms with van der Waals surface area (Å²) >= 11 is 2.17. The van der Waals surface area contributed by atoms with E-state index in [-0.39, 0.29) is 12.4 Å². The summed E-state index contributed by atoms with van der Waals surface area (Å²) in [5, 5.41) is 9.74. The molecule has 0 amide bonds. The van der Waals surface area contributed by atoms with Crippen LogP contribution in [-0.4, -0.2) is 17.1 Å². The number of ether oxygens (including phenoxy) is 2. The lowest BCUT2D eigenvalue weighted by molar-refractivity contribution is 0.282. The van der Waals surface area contributed by atoms with Crippen LogP contribution in [0.2, 0.25) is 0 Å². The van der Waals surface area contributed by atoms with E-state index in [2.05, 4.69) is 38.6 Å². The number of aromatic amines is 1. The molecule has 0 spiro atoms. The molecule has 0 bridgehead atoms. The number of hydrogen-bond acceptors (Lipinski definition) is 4. The summed E-state index contributed by atoms with van der Waals surface area (Å²) in [6, 6.07) is 18.0. The van der Waals surface area contributed by atoms with Gasteiger partial charge in [-0.3, -0.25) is 0 Å². The highest BCUT2D eigenvalue weighted by molar-refractivity contribution is 14.1. The van der Waals surface area contributed by atoms with Crippen LogP contribution in [0.1, 0.15) is 22.5 Å². The number of aromatic nitrogens is 2. The van der Waals surface area contributed by atoms with Crippen molar-refractivity contribution in [3.8, 4) is 17.6 Å². The summed E-state index contributed by atoms with van der Waals surface area (Å²) in [5.74, 6) is 1.36. The predicted molar refractivity (Wildman–Crippen MR) is 131 cm³/mol. The Morgan fingerprint density at radius 3 is 2.69 bits per heavy atom. The third-order valence-electron chi connectivity index (χ3n) is 4.87. The van der Waals surface area contributed by atoms with Gasteiger partial charge in [-0.15, -0.1) is 0 Å². The molecule has 4 rings (SSSR count). The number of nitriles is 1. The highest BCUT2D eigenvalue weighted by Crippen LogP contribution is 2.35. The van der Waals surface area contributed by atoms with Crippen LogP contribution in [0.25, 0.3) is 22.7 Å². The minimum atomic E-state index is -0.287. The molecule has 7 heteroatoms. The number of allylic oxidation sites excluding steroid dienone is 1. The van der Waals surface area contributed by atoms with E-state index in [0.717, 1.165) is 31.3 Å². The lowest BCUT2D eigenvalue weighted by atomic mass is 10.1. The number of methoxy groups -OCH3 is 1. The maximum atomic E-state index is 13.1. The van der Waals surface area contributed by atoms with Crippen LogP contribution in [0.4, 0.5) is 4.39 Å². The Balaban J connectivity index is 1.63. The van der Waals surface area contributed by atoms with Crippen LogP contribution < -0.4 is 9.47 Å². The minimum absolute atomic E-state index is 0.281. The number of rotatable bonds is 6. The Kier molecular flexibility index (Phi) is 6.42. The molecule has 0 radical (unpaired) electrons. The maximum Gasteiger partial charge on any atom is 0.174 e. The fourth-order valence-corrected chi connectivity index (χ4v) is 4.05. The molecular weight excluding hydrogens is 520 g/mol. The van der Waals surface area contributed by atoms with Gasteiger partial charge in [0.05, 0.1) is 27.3 Å². The van der Waals surface area contributed by atoms with E-state index in [1.54, 1.807) is 25.3 Å². The van der Waals surface area contributed by atoms with Gasteiger partial charge in [0.2, 0.25) is 0 Å². The van der Waals surface area contributed by atoms with Crippen molar-refractivity contribution >= 4 is 45.3 Å². The first-order chi connectivity index (χ1) is 15.5. The number of benzene rings is 3. The number of nitrogens with zero attached hydrogens (tertiary/aromatic N) is 2. The molecule has 5 nitrogen and oxygen atoms in total. The Bertz CT molecular complexity index is 1350. The number of fused-ring (bicyclic) bond motifs is 1. The first-order valence-corrected chi connectivity index (χ1v) is 10.9. The maximum absolute atomic E-state index is 13.1. The van der Waals surface area contributed by atoms with E-state index in [1.165, 1.54) is 12.1 Å². The van der Waals surface area contributed by atoms with Gasteiger partial charge in [0.25, 0.3) is 0 Å². The van der Waals surface area contributed by atoms with Crippen molar-refractivity contribution < 1.29 is 13.9 Å². The Hall–Kier alpha value is -3.38. The van der Waals surface area contributed by atoms with E-state index < -0.39 is 0 Å². The van der Waals surface area contributed by atoms with Gasteiger partial charge >= 0.3 is 0 Å². The second kappa shape index (κ2) is 9.40. The molecule has 1 N–H and O–H groups in total. The molecular formula is C25H19FIN3O2. The van der Waals surface area contributed by atoms with Crippen molar-refractivity contribution in [2.45, 2.75) is 13.5 Å². The summed E-state index contributed by atoms with van der Waals surface area (Å²) in [7, 11) is 1.57. The third-order valence-corrected chi connectivity index (χ3v) is 5.67. The summed E-state index contributed by atoms with van der Waals surface area (Å²) in [6.45, 7) is 2.29. The molecule has 0 aliphatic rings. The Labute approximate surface area is 198 Å². The summed E-state index contributed by atoms with van der Waals surface area (Å²) in [5.41, 5.74) is 4.86. The summed E-state index contributed by atoms with van der Waals surface area (Å²) < 4.78 is 25.4. The number of nitrogens with one attached hydrogen (secondary N) is 1. The highest BCUT2D eigenvalue weighted by Gasteiger charge is 2.14. The highest BCUT2D eigenvalue weighted by atomic mass is 127. The van der Waals surface area contributed by atoms with Gasteiger partial charge in [-0.25, -0.2) is 9.37 Å². The van der Waals surface area contributed by atoms with E-state index >= 15 is 0 Å². The van der Waals surface area contributed by atoms with Crippen LogP contribution in [0, 0.1) is 27.6 Å². The molecule has 0 atom stereocenters. The Morgan fingerprint density at radius 1 is 1.19 bits per heavy atom. The second-order valence-electron chi connectivity index (χ2n) is 7.23. The van der Waals surface area contributed by atoms with Crippen LogP contribution in [0.5, 0.6) is 11.5 Å². The minimum Gasteiger partial charge on any atom is -0.493 e. The average molecular weight is 539 g/mol. The molecule has 32 heavy (non-hydrogen) atoms. The number of halogens is 2. The molecule has 0 unspecified atom stereocenters. The van der Waals surface area contributed by atoms with Gasteiger partial charge in [-0.05, 0) is 88.7 Å². The van der Waals surface area contributed by atoms with Crippen molar-refractivity contribution in [2.75, 3.05) is 7.11 Å². The molecule has 0 saturated heterocycles. The Morgan fingerprint density at radius 2 is 1.97 bits per heavy atom. The number of hydrogen-bond donors (Lipinski definition) is 1. The summed E-state index contributed by atoms with van der Waals surface area (Å²) in [4.78, 5) is 7.76. The van der Waals surface area contributed by atoms with Crippen molar-refractivity contribution in [1.82, 2.24) is 9.97 Å². The quantitative estimate of drug-likeness (QED) is 0.232. The first kappa shape index (κ1) is 21.8. The van der Waals surface area contributed by atoms with E-state index in [0.29, 0.717) is 22.9 Å². The number of H-pyrrole nitrogens is 1. The average Bonchev–Trinajstić information content (AvgIpc) is 3.20. The first-order valence-electron chi connectivity index (χ1n) is 9.80. The van der Waals surface area contributed by atoms with Gasteiger partial charge in [-0.1, -0.05) is 18.2 Å². The van der Waals surface area contributed by atoms with Crippen LogP contribution in [0.3, 0.4) is 0 Å². The van der Waals surface area contributed by atoms with Crippen LogP contribution in [0.15, 0.2) is 54.6 Å². The zero-order chi connectivity index (χ0) is 22.7. The SMILES string of the molecule is COc1cc(/C=C(/C#N)c2nc3ccc(C)cc3[nH]2)cc(I)c1OCc1ccc(F)cc1. The monoisotopic (exact) mass is 539 g/mol. The largest absolute Gasteiger partial charge is 0.493 e. The predicted octanol–water partition coefficient (Wildman–Crippen LogP) is 6.27. The molecule has 1 heterocycles. The van der Waals surface area contributed by atoms with Crippen LogP contribution in [-0.2, 0) is 6.61 Å². The lowest BCUT2D eigenvalue weighted by Gasteiger charge is -2.14. The van der Waals surface area contributed by atoms with Gasteiger partial charge in [-0.2, -0.15) is 5.26 Å². The molecule has 0 fully saturated rings. The standard InChI is InChI=1S/C25H19FIN3O2/c1-15-3-8-21-22(9-15)30-25(29-21)18(13-28)10-17-11-20(27)24(23(12-17)31-2)32-14-16-4-6-19(26)7-5-16/h3-12H,14H2,1-2H3,(H,29,30)/b18-10-. The molecule has 3 aromatic carbocycles. The van der Waals surface area contributed by atoms with Gasteiger partial charge in [0, 0.05) is 0 Å². The van der Waals surface area contributed by atoms with Crippen molar-refractivity contribution in [1.29, 1.82) is 5.26 Å². The summed E-state index contributed by atoms with van der Waals surface area (Å²) in [6.07, 6.45) is 1.76. The number of aryl methyl sites for hydroxylation is 1. The zero-order valence-corrected chi connectivity index (χ0v) is 19.6. The molecule has 4 aromatic rings. The fourth-order valence-electron chi connectivity index (χ4n) is 3.27. The molecule has 1 aromatic heterocycles. The topological polar surface area (TPSA) is 70.9 Å². The smallest absolute Gasteiger partial charge is 0.174 e.